The minimum atomic E-state index is -3.81. The van der Waals surface area contributed by atoms with E-state index < -0.39 is 38.7 Å². The van der Waals surface area contributed by atoms with Gasteiger partial charge in [0, 0.05) is 18.7 Å². The summed E-state index contributed by atoms with van der Waals surface area (Å²) in [5.74, 6) is -1.68. The van der Waals surface area contributed by atoms with Gasteiger partial charge in [-0.15, -0.1) is 0 Å². The molecule has 10 nitrogen and oxygen atoms in total. The summed E-state index contributed by atoms with van der Waals surface area (Å²) in [6.07, 6.45) is 3.40. The standard InChI is InChI=1S/C22H26N2O8S2/c25-21(14-15-22(26)32-18-24-34(29,30)20-12-6-2-7-13-20)31-17-9-3-8-16-23-33(27,28)19-10-4-1-5-11-19/h1-2,4-7,10-15,23-24H,3,8-9,16-18H2/b15-14+. The highest BCUT2D eigenvalue weighted by molar-refractivity contribution is 7.89. The Kier molecular flexibility index (Phi) is 10.9. The molecule has 0 unspecified atom stereocenters. The summed E-state index contributed by atoms with van der Waals surface area (Å²) in [6, 6.07) is 15.6. The zero-order valence-electron chi connectivity index (χ0n) is 18.3. The van der Waals surface area contributed by atoms with Crippen molar-refractivity contribution in [3.8, 4) is 0 Å². The van der Waals surface area contributed by atoms with Gasteiger partial charge in [0.2, 0.25) is 20.0 Å². The van der Waals surface area contributed by atoms with Gasteiger partial charge in [-0.1, -0.05) is 36.4 Å². The molecule has 0 bridgehead atoms. The number of carbonyl (C=O) groups excluding carboxylic acids is 2. The second-order valence-electron chi connectivity index (χ2n) is 6.84. The van der Waals surface area contributed by atoms with E-state index in [1.165, 1.54) is 24.3 Å². The second kappa shape index (κ2) is 13.6. The first-order chi connectivity index (χ1) is 16.2. The molecular weight excluding hydrogens is 484 g/mol. The highest BCUT2D eigenvalue weighted by Crippen LogP contribution is 2.08. The van der Waals surface area contributed by atoms with Crippen LogP contribution in [0.5, 0.6) is 0 Å². The van der Waals surface area contributed by atoms with Crippen molar-refractivity contribution in [3.63, 3.8) is 0 Å². The predicted octanol–water partition coefficient (Wildman–Crippen LogP) is 1.71. The first-order valence-electron chi connectivity index (χ1n) is 10.3. The molecule has 0 amide bonds. The van der Waals surface area contributed by atoms with Crippen molar-refractivity contribution in [2.75, 3.05) is 19.9 Å². The fraction of sp³-hybridized carbons (Fsp3) is 0.273. The summed E-state index contributed by atoms with van der Waals surface area (Å²) in [7, 11) is -7.35. The minimum Gasteiger partial charge on any atom is -0.463 e. The molecule has 0 radical (unpaired) electrons. The normalized spacial score (nSPS) is 11.9. The molecule has 12 heteroatoms. The van der Waals surface area contributed by atoms with E-state index in [2.05, 4.69) is 9.44 Å². The summed E-state index contributed by atoms with van der Waals surface area (Å²) < 4.78 is 62.3. The van der Waals surface area contributed by atoms with Crippen molar-refractivity contribution in [1.82, 2.24) is 9.44 Å². The van der Waals surface area contributed by atoms with Gasteiger partial charge in [-0.25, -0.2) is 31.1 Å². The summed E-state index contributed by atoms with van der Waals surface area (Å²) in [4.78, 5) is 23.4. The number of benzene rings is 2. The summed E-state index contributed by atoms with van der Waals surface area (Å²) >= 11 is 0. The number of hydrogen-bond acceptors (Lipinski definition) is 8. The van der Waals surface area contributed by atoms with E-state index in [9.17, 15) is 26.4 Å². The molecule has 0 aliphatic carbocycles. The van der Waals surface area contributed by atoms with Gasteiger partial charge >= 0.3 is 11.9 Å². The maximum absolute atomic E-state index is 12.1. The number of ether oxygens (including phenoxy) is 2. The molecule has 0 spiro atoms. The summed E-state index contributed by atoms with van der Waals surface area (Å²) in [5, 5.41) is 0. The van der Waals surface area contributed by atoms with Gasteiger partial charge in [0.05, 0.1) is 16.4 Å². The fourth-order valence-electron chi connectivity index (χ4n) is 2.56. The smallest absolute Gasteiger partial charge is 0.332 e. The van der Waals surface area contributed by atoms with Crippen LogP contribution in [0.25, 0.3) is 0 Å². The maximum atomic E-state index is 12.1. The van der Waals surface area contributed by atoms with Gasteiger partial charge in [0.1, 0.15) is 0 Å². The van der Waals surface area contributed by atoms with Crippen molar-refractivity contribution in [3.05, 3.63) is 72.8 Å². The largest absolute Gasteiger partial charge is 0.463 e. The topological polar surface area (TPSA) is 145 Å². The quantitative estimate of drug-likeness (QED) is 0.169. The summed E-state index contributed by atoms with van der Waals surface area (Å²) in [6.45, 7) is -0.241. The van der Waals surface area contributed by atoms with Crippen LogP contribution in [-0.4, -0.2) is 48.7 Å². The third-order valence-corrected chi connectivity index (χ3v) is 7.15. The highest BCUT2D eigenvalue weighted by Gasteiger charge is 2.13. The van der Waals surface area contributed by atoms with Gasteiger partial charge in [-0.3, -0.25) is 0 Å². The minimum absolute atomic E-state index is 0.0266. The lowest BCUT2D eigenvalue weighted by atomic mass is 10.2. The van der Waals surface area contributed by atoms with Crippen molar-refractivity contribution in [2.24, 2.45) is 0 Å². The lowest BCUT2D eigenvalue weighted by Crippen LogP contribution is -2.27. The SMILES string of the molecule is O=C(/C=C/C(=O)OCNS(=O)(=O)c1ccccc1)OCCCCCNS(=O)(=O)c1ccccc1. The van der Waals surface area contributed by atoms with E-state index in [4.69, 9.17) is 9.47 Å². The molecule has 0 saturated carbocycles. The molecule has 184 valence electrons. The van der Waals surface area contributed by atoms with Crippen LogP contribution in [0.3, 0.4) is 0 Å². The second-order valence-corrected chi connectivity index (χ2v) is 10.4. The molecule has 0 aromatic heterocycles. The van der Waals surface area contributed by atoms with Crippen molar-refractivity contribution in [1.29, 1.82) is 0 Å². The first kappa shape index (κ1) is 27.2. The third kappa shape index (κ3) is 9.83. The van der Waals surface area contributed by atoms with Crippen LogP contribution in [-0.2, 0) is 39.1 Å². The highest BCUT2D eigenvalue weighted by atomic mass is 32.2. The fourth-order valence-corrected chi connectivity index (χ4v) is 4.55. The summed E-state index contributed by atoms with van der Waals surface area (Å²) in [5.41, 5.74) is 0. The molecule has 2 rings (SSSR count). The van der Waals surface area contributed by atoms with E-state index in [1.54, 1.807) is 36.4 Å². The number of rotatable bonds is 14. The number of sulfonamides is 2. The number of hydrogen-bond donors (Lipinski definition) is 2. The number of esters is 2. The Balaban J connectivity index is 1.56. The van der Waals surface area contributed by atoms with Gasteiger partial charge in [0.15, 0.2) is 6.73 Å². The zero-order chi connectivity index (χ0) is 24.9. The Labute approximate surface area is 199 Å². The molecule has 2 N–H and O–H groups in total. The molecule has 0 heterocycles. The Morgan fingerprint density at radius 1 is 0.676 bits per heavy atom. The van der Waals surface area contributed by atoms with Crippen molar-refractivity contribution in [2.45, 2.75) is 29.1 Å². The molecule has 34 heavy (non-hydrogen) atoms. The maximum Gasteiger partial charge on any atom is 0.332 e. The van der Waals surface area contributed by atoms with Gasteiger partial charge < -0.3 is 9.47 Å². The van der Waals surface area contributed by atoms with Crippen molar-refractivity contribution >= 4 is 32.0 Å². The molecule has 2 aromatic rings. The molecule has 0 fully saturated rings. The van der Waals surface area contributed by atoms with E-state index in [0.717, 1.165) is 12.2 Å². The van der Waals surface area contributed by atoms with Gasteiger partial charge in [-0.2, -0.15) is 4.72 Å². The van der Waals surface area contributed by atoms with E-state index in [1.807, 2.05) is 0 Å². The lowest BCUT2D eigenvalue weighted by molar-refractivity contribution is -0.140. The molecule has 0 atom stereocenters. The van der Waals surface area contributed by atoms with Gasteiger partial charge in [0.25, 0.3) is 0 Å². The van der Waals surface area contributed by atoms with Crippen LogP contribution in [0.2, 0.25) is 0 Å². The van der Waals surface area contributed by atoms with Gasteiger partial charge in [-0.05, 0) is 43.5 Å². The lowest BCUT2D eigenvalue weighted by Gasteiger charge is -2.07. The average molecular weight is 511 g/mol. The number of carbonyl (C=O) groups is 2. The number of unbranched alkanes of at least 4 members (excludes halogenated alkanes) is 2. The predicted molar refractivity (Wildman–Crippen MR) is 123 cm³/mol. The molecular formula is C22H26N2O8S2. The molecule has 0 saturated heterocycles. The number of nitrogens with one attached hydrogen (secondary N) is 2. The average Bonchev–Trinajstić information content (AvgIpc) is 2.83. The first-order valence-corrected chi connectivity index (χ1v) is 13.3. The van der Waals surface area contributed by atoms with Crippen LogP contribution in [0.15, 0.2) is 82.6 Å². The molecule has 0 aliphatic rings. The Morgan fingerprint density at radius 2 is 1.18 bits per heavy atom. The zero-order valence-corrected chi connectivity index (χ0v) is 19.9. The van der Waals surface area contributed by atoms with Crippen molar-refractivity contribution < 1.29 is 35.9 Å². The van der Waals surface area contributed by atoms with Crippen LogP contribution >= 0.6 is 0 Å². The van der Waals surface area contributed by atoms with Crippen LogP contribution in [0.1, 0.15) is 19.3 Å². The Morgan fingerprint density at radius 3 is 1.74 bits per heavy atom. The molecule has 0 aliphatic heterocycles. The Hall–Kier alpha value is -3.06. The van der Waals surface area contributed by atoms with E-state index >= 15 is 0 Å². The molecule has 2 aromatic carbocycles. The van der Waals surface area contributed by atoms with E-state index in [0.29, 0.717) is 19.3 Å². The Bertz CT molecular complexity index is 1170. The van der Waals surface area contributed by atoms with Crippen LogP contribution in [0, 0.1) is 0 Å². The monoisotopic (exact) mass is 510 g/mol. The van der Waals surface area contributed by atoms with Crippen LogP contribution in [0.4, 0.5) is 0 Å². The van der Waals surface area contributed by atoms with E-state index in [-0.39, 0.29) is 22.9 Å². The van der Waals surface area contributed by atoms with Crippen LogP contribution < -0.4 is 9.44 Å². The third-order valence-electron chi connectivity index (χ3n) is 4.28.